The summed E-state index contributed by atoms with van der Waals surface area (Å²) in [4.78, 5) is 1.95. The lowest BCUT2D eigenvalue weighted by molar-refractivity contribution is 0.186. The largest absolute Gasteiger partial charge is 0.386 e. The first-order chi connectivity index (χ1) is 9.97. The minimum Gasteiger partial charge on any atom is -0.386 e. The number of nitrogens with one attached hydrogen (secondary N) is 1. The highest BCUT2D eigenvalue weighted by atomic mass is 19.1. The number of rotatable bonds is 5. The number of hydrogen-bond donors (Lipinski definition) is 2. The van der Waals surface area contributed by atoms with Crippen molar-refractivity contribution in [1.82, 2.24) is 0 Å². The monoisotopic (exact) mass is 292 g/mol. The molecule has 2 N–H and O–H groups in total. The van der Waals surface area contributed by atoms with E-state index in [0.29, 0.717) is 0 Å². The fraction of sp³-hybridized carbons (Fsp3) is 0.250. The van der Waals surface area contributed by atoms with Gasteiger partial charge in [0, 0.05) is 37.6 Å². The fourth-order valence-electron chi connectivity index (χ4n) is 1.99. The van der Waals surface area contributed by atoms with E-state index in [1.165, 1.54) is 0 Å². The molecule has 0 amide bonds. The lowest BCUT2D eigenvalue weighted by Gasteiger charge is -2.17. The second-order valence-corrected chi connectivity index (χ2v) is 5.01. The summed E-state index contributed by atoms with van der Waals surface area (Å²) < 4.78 is 26.7. The Labute approximate surface area is 122 Å². The number of anilines is 2. The first kappa shape index (κ1) is 15.3. The van der Waals surface area contributed by atoms with Crippen LogP contribution >= 0.6 is 0 Å². The van der Waals surface area contributed by atoms with Gasteiger partial charge in [-0.3, -0.25) is 0 Å². The Morgan fingerprint density at radius 1 is 1.14 bits per heavy atom. The van der Waals surface area contributed by atoms with Crippen molar-refractivity contribution in [3.8, 4) is 0 Å². The van der Waals surface area contributed by atoms with Crippen LogP contribution < -0.4 is 10.2 Å². The summed E-state index contributed by atoms with van der Waals surface area (Å²) in [5, 5.41) is 13.0. The molecule has 0 fully saturated rings. The van der Waals surface area contributed by atoms with E-state index < -0.39 is 17.7 Å². The zero-order valence-corrected chi connectivity index (χ0v) is 12.0. The van der Waals surface area contributed by atoms with Crippen molar-refractivity contribution < 1.29 is 13.9 Å². The van der Waals surface area contributed by atoms with Crippen LogP contribution in [0.15, 0.2) is 42.5 Å². The van der Waals surface area contributed by atoms with Crippen LogP contribution in [-0.2, 0) is 0 Å². The normalized spacial score (nSPS) is 12.0. The molecule has 2 rings (SSSR count). The molecule has 0 saturated carbocycles. The van der Waals surface area contributed by atoms with E-state index in [1.54, 1.807) is 0 Å². The Bertz CT molecular complexity index is 617. The molecule has 0 bridgehead atoms. The van der Waals surface area contributed by atoms with E-state index in [2.05, 4.69) is 5.32 Å². The molecule has 0 spiro atoms. The van der Waals surface area contributed by atoms with E-state index >= 15 is 0 Å². The molecule has 21 heavy (non-hydrogen) atoms. The van der Waals surface area contributed by atoms with Gasteiger partial charge in [0.15, 0.2) is 0 Å². The zero-order valence-electron chi connectivity index (χ0n) is 12.0. The molecule has 0 aromatic heterocycles. The van der Waals surface area contributed by atoms with Crippen molar-refractivity contribution in [1.29, 1.82) is 0 Å². The highest BCUT2D eigenvalue weighted by Crippen LogP contribution is 2.21. The first-order valence-electron chi connectivity index (χ1n) is 6.61. The molecule has 1 unspecified atom stereocenters. The van der Waals surface area contributed by atoms with Crippen molar-refractivity contribution in [3.63, 3.8) is 0 Å². The van der Waals surface area contributed by atoms with Crippen molar-refractivity contribution >= 4 is 11.4 Å². The number of hydrogen-bond acceptors (Lipinski definition) is 3. The number of nitrogens with zero attached hydrogens (tertiary/aromatic N) is 1. The first-order valence-corrected chi connectivity index (χ1v) is 6.61. The summed E-state index contributed by atoms with van der Waals surface area (Å²) in [5.74, 6) is -1.19. The maximum Gasteiger partial charge on any atom is 0.129 e. The predicted molar refractivity (Wildman–Crippen MR) is 80.6 cm³/mol. The molecule has 112 valence electrons. The Hall–Kier alpha value is -2.14. The van der Waals surface area contributed by atoms with E-state index in [-0.39, 0.29) is 12.1 Å². The van der Waals surface area contributed by atoms with Crippen molar-refractivity contribution in [2.45, 2.75) is 6.10 Å². The third kappa shape index (κ3) is 3.92. The van der Waals surface area contributed by atoms with Gasteiger partial charge in [-0.05, 0) is 36.4 Å². The van der Waals surface area contributed by atoms with Crippen LogP contribution in [0.5, 0.6) is 0 Å². The summed E-state index contributed by atoms with van der Waals surface area (Å²) in [6, 6.07) is 10.6. The van der Waals surface area contributed by atoms with Crippen molar-refractivity contribution in [2.24, 2.45) is 0 Å². The van der Waals surface area contributed by atoms with Crippen LogP contribution in [0.3, 0.4) is 0 Å². The topological polar surface area (TPSA) is 35.5 Å². The zero-order chi connectivity index (χ0) is 15.4. The number of halogens is 2. The fourth-order valence-corrected chi connectivity index (χ4v) is 1.99. The Morgan fingerprint density at radius 3 is 2.62 bits per heavy atom. The second kappa shape index (κ2) is 6.54. The Balaban J connectivity index is 2.05. The van der Waals surface area contributed by atoms with Crippen LogP contribution in [0.25, 0.3) is 0 Å². The molecule has 1 atom stereocenters. The quantitative estimate of drug-likeness (QED) is 0.888. The van der Waals surface area contributed by atoms with Crippen molar-refractivity contribution in [2.75, 3.05) is 30.9 Å². The smallest absolute Gasteiger partial charge is 0.129 e. The highest BCUT2D eigenvalue weighted by molar-refractivity contribution is 5.57. The van der Waals surface area contributed by atoms with Gasteiger partial charge in [-0.1, -0.05) is 6.07 Å². The summed E-state index contributed by atoms with van der Waals surface area (Å²) in [6.45, 7) is 0.0945. The van der Waals surface area contributed by atoms with Crippen LogP contribution in [0.1, 0.15) is 11.7 Å². The Morgan fingerprint density at radius 2 is 1.90 bits per heavy atom. The summed E-state index contributed by atoms with van der Waals surface area (Å²) in [6.07, 6.45) is -1.12. The lowest BCUT2D eigenvalue weighted by Crippen LogP contribution is -2.14. The summed E-state index contributed by atoms with van der Waals surface area (Å²) >= 11 is 0. The number of aliphatic hydroxyl groups is 1. The second-order valence-electron chi connectivity index (χ2n) is 5.01. The minimum atomic E-state index is -1.12. The lowest BCUT2D eigenvalue weighted by atomic mass is 10.1. The third-order valence-corrected chi connectivity index (χ3v) is 3.18. The number of aliphatic hydroxyl groups excluding tert-OH is 1. The number of benzene rings is 2. The predicted octanol–water partition coefficient (Wildman–Crippen LogP) is 3.18. The maximum absolute atomic E-state index is 13.6. The molecular formula is C16H18F2N2O. The van der Waals surface area contributed by atoms with E-state index in [1.807, 2.05) is 43.3 Å². The van der Waals surface area contributed by atoms with Crippen LogP contribution in [0, 0.1) is 11.6 Å². The molecule has 2 aromatic rings. The molecule has 2 aromatic carbocycles. The standard InChI is InChI=1S/C16H18F2N2O/c1-20(2)13-5-3-4-12(9-13)19-10-16(21)14-8-11(17)6-7-15(14)18/h3-9,16,19,21H,10H2,1-2H3. The van der Waals surface area contributed by atoms with Gasteiger partial charge in [-0.2, -0.15) is 0 Å². The van der Waals surface area contributed by atoms with E-state index in [0.717, 1.165) is 29.6 Å². The highest BCUT2D eigenvalue weighted by Gasteiger charge is 2.13. The van der Waals surface area contributed by atoms with Crippen LogP contribution in [0.4, 0.5) is 20.2 Å². The average Bonchev–Trinajstić information content (AvgIpc) is 2.47. The van der Waals surface area contributed by atoms with Crippen LogP contribution in [-0.4, -0.2) is 25.7 Å². The maximum atomic E-state index is 13.6. The van der Waals surface area contributed by atoms with Gasteiger partial charge in [0.05, 0.1) is 6.10 Å². The molecule has 5 heteroatoms. The van der Waals surface area contributed by atoms with Gasteiger partial charge >= 0.3 is 0 Å². The van der Waals surface area contributed by atoms with Gasteiger partial charge in [0.1, 0.15) is 11.6 Å². The van der Waals surface area contributed by atoms with Gasteiger partial charge in [-0.25, -0.2) is 8.78 Å². The van der Waals surface area contributed by atoms with Gasteiger partial charge in [0.2, 0.25) is 0 Å². The van der Waals surface area contributed by atoms with Gasteiger partial charge < -0.3 is 15.3 Å². The van der Waals surface area contributed by atoms with E-state index in [4.69, 9.17) is 0 Å². The molecule has 0 aliphatic heterocycles. The summed E-state index contributed by atoms with van der Waals surface area (Å²) in [5.41, 5.74) is 1.76. The van der Waals surface area contributed by atoms with E-state index in [9.17, 15) is 13.9 Å². The van der Waals surface area contributed by atoms with Gasteiger partial charge in [0.25, 0.3) is 0 Å². The molecule has 0 heterocycles. The third-order valence-electron chi connectivity index (χ3n) is 3.18. The summed E-state index contributed by atoms with van der Waals surface area (Å²) in [7, 11) is 3.85. The van der Waals surface area contributed by atoms with Crippen molar-refractivity contribution in [3.05, 3.63) is 59.7 Å². The molecular weight excluding hydrogens is 274 g/mol. The molecule has 0 radical (unpaired) electrons. The molecule has 0 aliphatic carbocycles. The molecule has 3 nitrogen and oxygen atoms in total. The van der Waals surface area contributed by atoms with Crippen LogP contribution in [0.2, 0.25) is 0 Å². The molecule has 0 aliphatic rings. The molecule has 0 saturated heterocycles. The minimum absolute atomic E-state index is 0.0498. The Kier molecular flexibility index (Phi) is 4.75. The van der Waals surface area contributed by atoms with Gasteiger partial charge in [-0.15, -0.1) is 0 Å². The SMILES string of the molecule is CN(C)c1cccc(NCC(O)c2cc(F)ccc2F)c1. The average molecular weight is 292 g/mol.